The summed E-state index contributed by atoms with van der Waals surface area (Å²) < 4.78 is 0. The van der Waals surface area contributed by atoms with Gasteiger partial charge in [-0.15, -0.1) is 0 Å². The third-order valence-electron chi connectivity index (χ3n) is 1.57. The minimum Gasteiger partial charge on any atom is -0.324 e. The molecule has 0 amide bonds. The zero-order valence-corrected chi connectivity index (χ0v) is 7.91. The van der Waals surface area contributed by atoms with Gasteiger partial charge in [0.05, 0.1) is 11.6 Å². The molecule has 0 bridgehead atoms. The Hall–Kier alpha value is -0.980. The third-order valence-corrected chi connectivity index (χ3v) is 1.57. The van der Waals surface area contributed by atoms with Crippen molar-refractivity contribution in [3.05, 3.63) is 35.4 Å². The average molecular weight is 180 g/mol. The van der Waals surface area contributed by atoms with Crippen molar-refractivity contribution in [1.82, 2.24) is 0 Å². The first kappa shape index (κ1) is 11.0. The van der Waals surface area contributed by atoms with Gasteiger partial charge in [0.1, 0.15) is 0 Å². The number of nitrogens with two attached hydrogens (primary N) is 1. The van der Waals surface area contributed by atoms with E-state index in [9.17, 15) is 0 Å². The van der Waals surface area contributed by atoms with Gasteiger partial charge < -0.3 is 5.73 Å². The zero-order chi connectivity index (χ0) is 8.27. The quantitative estimate of drug-likeness (QED) is 0.715. The van der Waals surface area contributed by atoms with Crippen molar-refractivity contribution in [1.29, 1.82) is 5.26 Å². The maximum absolute atomic E-state index is 8.49. The fourth-order valence-corrected chi connectivity index (χ4v) is 0.861. The van der Waals surface area contributed by atoms with E-state index in [1.54, 1.807) is 12.1 Å². The predicted molar refractivity (Wildman–Crippen MR) is 54.1 cm³/mol. The summed E-state index contributed by atoms with van der Waals surface area (Å²) in [7, 11) is 0. The summed E-state index contributed by atoms with van der Waals surface area (Å²) in [6, 6.07) is 9.41. The molecule has 0 saturated carbocycles. The smallest absolute Gasteiger partial charge is 0.0991 e. The number of nitriles is 1. The molecule has 1 atom stereocenters. The fourth-order valence-electron chi connectivity index (χ4n) is 0.861. The molecule has 1 rings (SSSR count). The van der Waals surface area contributed by atoms with E-state index in [0.29, 0.717) is 5.56 Å². The van der Waals surface area contributed by atoms with Crippen LogP contribution >= 0.6 is 13.5 Å². The van der Waals surface area contributed by atoms with Crippen molar-refractivity contribution in [3.63, 3.8) is 0 Å². The molecule has 0 radical (unpaired) electrons. The van der Waals surface area contributed by atoms with Crippen molar-refractivity contribution in [2.24, 2.45) is 5.73 Å². The molecule has 12 heavy (non-hydrogen) atoms. The highest BCUT2D eigenvalue weighted by Crippen LogP contribution is 2.09. The lowest BCUT2D eigenvalue weighted by Gasteiger charge is -2.03. The van der Waals surface area contributed by atoms with E-state index in [2.05, 4.69) is 6.07 Å². The SMILES string of the molecule is C[C@H](N)c1ccc(C#N)cc1.S. The van der Waals surface area contributed by atoms with Gasteiger partial charge in [-0.1, -0.05) is 12.1 Å². The molecule has 0 fully saturated rings. The topological polar surface area (TPSA) is 49.8 Å². The summed E-state index contributed by atoms with van der Waals surface area (Å²) in [4.78, 5) is 0. The first-order valence-corrected chi connectivity index (χ1v) is 3.49. The second kappa shape index (κ2) is 4.81. The fraction of sp³-hybridized carbons (Fsp3) is 0.222. The van der Waals surface area contributed by atoms with Crippen LogP contribution in [-0.4, -0.2) is 0 Å². The molecule has 2 nitrogen and oxygen atoms in total. The van der Waals surface area contributed by atoms with Gasteiger partial charge in [0.2, 0.25) is 0 Å². The van der Waals surface area contributed by atoms with E-state index in [0.717, 1.165) is 5.56 Å². The summed E-state index contributed by atoms with van der Waals surface area (Å²) in [6.07, 6.45) is 0. The van der Waals surface area contributed by atoms with Crippen LogP contribution in [0.25, 0.3) is 0 Å². The van der Waals surface area contributed by atoms with Crippen molar-refractivity contribution in [2.75, 3.05) is 0 Å². The van der Waals surface area contributed by atoms with E-state index in [1.165, 1.54) is 0 Å². The van der Waals surface area contributed by atoms with Crippen LogP contribution in [-0.2, 0) is 0 Å². The lowest BCUT2D eigenvalue weighted by molar-refractivity contribution is 0.818. The van der Waals surface area contributed by atoms with E-state index >= 15 is 0 Å². The molecule has 1 aromatic rings. The van der Waals surface area contributed by atoms with E-state index in [1.807, 2.05) is 19.1 Å². The molecule has 0 aliphatic carbocycles. The molecular weight excluding hydrogens is 168 g/mol. The minimum absolute atomic E-state index is 0. The Morgan fingerprint density at radius 1 is 1.33 bits per heavy atom. The predicted octanol–water partition coefficient (Wildman–Crippen LogP) is 1.69. The normalized spacial score (nSPS) is 11.1. The summed E-state index contributed by atoms with van der Waals surface area (Å²) in [6.45, 7) is 1.92. The molecule has 0 saturated heterocycles. The van der Waals surface area contributed by atoms with Crippen molar-refractivity contribution < 1.29 is 0 Å². The van der Waals surface area contributed by atoms with Gasteiger partial charge in [0.15, 0.2) is 0 Å². The van der Waals surface area contributed by atoms with Gasteiger partial charge in [-0.2, -0.15) is 18.8 Å². The Labute approximate surface area is 79.5 Å². The first-order chi connectivity index (χ1) is 5.24. The van der Waals surface area contributed by atoms with Crippen LogP contribution in [0.1, 0.15) is 24.1 Å². The summed E-state index contributed by atoms with van der Waals surface area (Å²) >= 11 is 0. The van der Waals surface area contributed by atoms with Crippen LogP contribution in [0.2, 0.25) is 0 Å². The minimum atomic E-state index is 0. The standard InChI is InChI=1S/C9H10N2.H2S/c1-7(11)9-4-2-8(6-10)3-5-9;/h2-5,7H,11H2,1H3;1H2/t7-;/m0./s1. The van der Waals surface area contributed by atoms with E-state index in [4.69, 9.17) is 11.0 Å². The molecule has 0 aliphatic rings. The number of nitrogens with zero attached hydrogens (tertiary/aromatic N) is 1. The molecule has 2 N–H and O–H groups in total. The maximum Gasteiger partial charge on any atom is 0.0991 e. The van der Waals surface area contributed by atoms with Crippen molar-refractivity contribution >= 4 is 13.5 Å². The van der Waals surface area contributed by atoms with Crippen molar-refractivity contribution in [2.45, 2.75) is 13.0 Å². The zero-order valence-electron chi connectivity index (χ0n) is 6.91. The Bertz CT molecular complexity index is 272. The van der Waals surface area contributed by atoms with E-state index in [-0.39, 0.29) is 19.5 Å². The molecule has 0 aromatic heterocycles. The van der Waals surface area contributed by atoms with Gasteiger partial charge in [-0.05, 0) is 24.6 Å². The number of hydrogen-bond donors (Lipinski definition) is 1. The maximum atomic E-state index is 8.49. The highest BCUT2D eigenvalue weighted by atomic mass is 32.1. The Morgan fingerprint density at radius 2 is 1.83 bits per heavy atom. The van der Waals surface area contributed by atoms with Crippen LogP contribution in [0.5, 0.6) is 0 Å². The molecule has 0 unspecified atom stereocenters. The van der Waals surface area contributed by atoms with Gasteiger partial charge in [-0.25, -0.2) is 0 Å². The number of rotatable bonds is 1. The Morgan fingerprint density at radius 3 is 2.17 bits per heavy atom. The summed E-state index contributed by atoms with van der Waals surface area (Å²) in [5, 5.41) is 8.49. The summed E-state index contributed by atoms with van der Waals surface area (Å²) in [5.41, 5.74) is 7.36. The average Bonchev–Trinajstić information content (AvgIpc) is 2.05. The number of benzene rings is 1. The third kappa shape index (κ3) is 2.57. The van der Waals surface area contributed by atoms with Crippen LogP contribution < -0.4 is 5.73 Å². The lowest BCUT2D eigenvalue weighted by atomic mass is 10.1. The molecule has 3 heteroatoms. The highest BCUT2D eigenvalue weighted by Gasteiger charge is 1.97. The second-order valence-electron chi connectivity index (χ2n) is 2.52. The molecule has 0 spiro atoms. The Balaban J connectivity index is 0.00000121. The molecular formula is C9H12N2S. The Kier molecular flexibility index (Phi) is 4.42. The van der Waals surface area contributed by atoms with Crippen LogP contribution in [0.3, 0.4) is 0 Å². The summed E-state index contributed by atoms with van der Waals surface area (Å²) in [5.74, 6) is 0. The lowest BCUT2D eigenvalue weighted by Crippen LogP contribution is -2.04. The largest absolute Gasteiger partial charge is 0.324 e. The van der Waals surface area contributed by atoms with Gasteiger partial charge in [-0.3, -0.25) is 0 Å². The van der Waals surface area contributed by atoms with Crippen LogP contribution in [0, 0.1) is 11.3 Å². The van der Waals surface area contributed by atoms with Crippen LogP contribution in [0.15, 0.2) is 24.3 Å². The second-order valence-corrected chi connectivity index (χ2v) is 2.52. The first-order valence-electron chi connectivity index (χ1n) is 3.49. The molecule has 64 valence electrons. The van der Waals surface area contributed by atoms with Gasteiger partial charge >= 0.3 is 0 Å². The molecule has 0 aliphatic heterocycles. The van der Waals surface area contributed by atoms with Gasteiger partial charge in [0.25, 0.3) is 0 Å². The monoisotopic (exact) mass is 180 g/mol. The molecule has 1 aromatic carbocycles. The van der Waals surface area contributed by atoms with Gasteiger partial charge in [0, 0.05) is 6.04 Å². The molecule has 0 heterocycles. The van der Waals surface area contributed by atoms with Crippen molar-refractivity contribution in [3.8, 4) is 6.07 Å². The number of hydrogen-bond acceptors (Lipinski definition) is 2. The van der Waals surface area contributed by atoms with Crippen LogP contribution in [0.4, 0.5) is 0 Å². The van der Waals surface area contributed by atoms with E-state index < -0.39 is 0 Å². The highest BCUT2D eigenvalue weighted by molar-refractivity contribution is 7.59.